The summed E-state index contributed by atoms with van der Waals surface area (Å²) in [7, 11) is 2.01. The number of nitrogens with one attached hydrogen (secondary N) is 1. The summed E-state index contributed by atoms with van der Waals surface area (Å²) >= 11 is 0. The van der Waals surface area contributed by atoms with Gasteiger partial charge in [-0.2, -0.15) is 0 Å². The summed E-state index contributed by atoms with van der Waals surface area (Å²) in [6.45, 7) is 6.35. The van der Waals surface area contributed by atoms with Gasteiger partial charge in [0, 0.05) is 25.7 Å². The van der Waals surface area contributed by atoms with Gasteiger partial charge in [-0.15, -0.1) is 0 Å². The molecule has 1 atom stereocenters. The number of nitrogens with zero attached hydrogens (tertiary/aromatic N) is 2. The first-order chi connectivity index (χ1) is 9.54. The molecule has 20 heavy (non-hydrogen) atoms. The Morgan fingerprint density at radius 2 is 2.20 bits per heavy atom. The van der Waals surface area contributed by atoms with E-state index in [0.717, 1.165) is 17.9 Å². The van der Waals surface area contributed by atoms with Gasteiger partial charge in [-0.3, -0.25) is 4.79 Å². The molecule has 1 N–H and O–H groups in total. The van der Waals surface area contributed by atoms with Gasteiger partial charge in [0.05, 0.1) is 5.69 Å². The van der Waals surface area contributed by atoms with Gasteiger partial charge in [-0.1, -0.05) is 19.8 Å². The lowest BCUT2D eigenvalue weighted by molar-refractivity contribution is -0.116. The summed E-state index contributed by atoms with van der Waals surface area (Å²) < 4.78 is 0. The average molecular weight is 275 g/mol. The van der Waals surface area contributed by atoms with Crippen molar-refractivity contribution in [3.8, 4) is 0 Å². The van der Waals surface area contributed by atoms with Gasteiger partial charge in [0.2, 0.25) is 5.91 Å². The number of hydrogen-bond donors (Lipinski definition) is 1. The Morgan fingerprint density at radius 3 is 2.90 bits per heavy atom. The molecule has 0 bridgehead atoms. The van der Waals surface area contributed by atoms with Crippen LogP contribution in [0.15, 0.2) is 6.20 Å². The third kappa shape index (κ3) is 2.94. The molecule has 4 nitrogen and oxygen atoms in total. The Kier molecular flexibility index (Phi) is 4.63. The summed E-state index contributed by atoms with van der Waals surface area (Å²) in [5.41, 5.74) is 3.32. The molecular formula is C16H25N3O. The molecule has 1 aromatic heterocycles. The van der Waals surface area contributed by atoms with Crippen LogP contribution < -0.4 is 10.2 Å². The highest BCUT2D eigenvalue weighted by atomic mass is 16.1. The minimum Gasteiger partial charge on any atom is -0.355 e. The van der Waals surface area contributed by atoms with Crippen molar-refractivity contribution in [2.24, 2.45) is 0 Å². The molecule has 0 aromatic carbocycles. The number of rotatable bonds is 4. The monoisotopic (exact) mass is 275 g/mol. The Bertz CT molecular complexity index is 499. The second kappa shape index (κ2) is 6.25. The van der Waals surface area contributed by atoms with Crippen molar-refractivity contribution in [3.05, 3.63) is 17.3 Å². The van der Waals surface area contributed by atoms with Gasteiger partial charge in [0.15, 0.2) is 5.82 Å². The Balaban J connectivity index is 2.33. The van der Waals surface area contributed by atoms with E-state index in [1.165, 1.54) is 30.4 Å². The standard InChI is InChI=1S/C16H25N3O/c1-5-6-7-8-13-10-17-16-15(12(13)3)18-14(20)9-11(2)19(16)4/h10-11H,5-9H2,1-4H3,(H,18,20). The molecule has 0 radical (unpaired) electrons. The van der Waals surface area contributed by atoms with E-state index >= 15 is 0 Å². The largest absolute Gasteiger partial charge is 0.355 e. The molecule has 1 aliphatic heterocycles. The van der Waals surface area contributed by atoms with E-state index < -0.39 is 0 Å². The van der Waals surface area contributed by atoms with Crippen LogP contribution in [0.4, 0.5) is 11.5 Å². The third-order valence-electron chi connectivity index (χ3n) is 4.21. The van der Waals surface area contributed by atoms with Gasteiger partial charge in [0.1, 0.15) is 0 Å². The van der Waals surface area contributed by atoms with Crippen molar-refractivity contribution >= 4 is 17.4 Å². The van der Waals surface area contributed by atoms with E-state index in [9.17, 15) is 4.79 Å². The first-order valence-electron chi connectivity index (χ1n) is 7.55. The van der Waals surface area contributed by atoms with Crippen LogP contribution in [0.2, 0.25) is 0 Å². The molecule has 2 rings (SSSR count). The maximum Gasteiger partial charge on any atom is 0.226 e. The highest BCUT2D eigenvalue weighted by Crippen LogP contribution is 2.33. The number of aromatic nitrogens is 1. The van der Waals surface area contributed by atoms with E-state index in [1.807, 2.05) is 13.2 Å². The SMILES string of the molecule is CCCCCc1cnc2c(c1C)NC(=O)CC(C)N2C. The number of carbonyl (C=O) groups is 1. The van der Waals surface area contributed by atoms with Crippen LogP contribution in [0.1, 0.15) is 50.7 Å². The van der Waals surface area contributed by atoms with Crippen LogP contribution in [-0.4, -0.2) is 24.0 Å². The molecule has 110 valence electrons. The van der Waals surface area contributed by atoms with E-state index in [4.69, 9.17) is 0 Å². The molecule has 1 aliphatic rings. The maximum absolute atomic E-state index is 12.0. The number of pyridine rings is 1. The summed E-state index contributed by atoms with van der Waals surface area (Å²) in [5.74, 6) is 0.971. The van der Waals surface area contributed by atoms with Crippen LogP contribution in [-0.2, 0) is 11.2 Å². The van der Waals surface area contributed by atoms with Gasteiger partial charge in [-0.25, -0.2) is 4.98 Å². The zero-order valence-corrected chi connectivity index (χ0v) is 13.0. The predicted molar refractivity (Wildman–Crippen MR) is 83.3 cm³/mol. The summed E-state index contributed by atoms with van der Waals surface area (Å²) in [6, 6.07) is 0.175. The van der Waals surface area contributed by atoms with Crippen molar-refractivity contribution in [2.75, 3.05) is 17.3 Å². The van der Waals surface area contributed by atoms with Crippen molar-refractivity contribution in [2.45, 2.75) is 58.9 Å². The number of anilines is 2. The zero-order chi connectivity index (χ0) is 14.7. The van der Waals surface area contributed by atoms with E-state index in [-0.39, 0.29) is 11.9 Å². The van der Waals surface area contributed by atoms with Crippen LogP contribution in [0.3, 0.4) is 0 Å². The lowest BCUT2D eigenvalue weighted by Gasteiger charge is -2.24. The second-order valence-corrected chi connectivity index (χ2v) is 5.78. The average Bonchev–Trinajstić information content (AvgIpc) is 2.52. The molecule has 0 spiro atoms. The summed E-state index contributed by atoms with van der Waals surface area (Å²) in [5, 5.41) is 3.04. The Labute approximate surface area is 121 Å². The Morgan fingerprint density at radius 1 is 1.45 bits per heavy atom. The highest BCUT2D eigenvalue weighted by molar-refractivity contribution is 5.97. The first kappa shape index (κ1) is 14.8. The molecule has 4 heteroatoms. The molecule has 0 saturated heterocycles. The highest BCUT2D eigenvalue weighted by Gasteiger charge is 2.25. The van der Waals surface area contributed by atoms with Crippen molar-refractivity contribution in [3.63, 3.8) is 0 Å². The van der Waals surface area contributed by atoms with E-state index in [2.05, 4.69) is 36.0 Å². The lowest BCUT2D eigenvalue weighted by Crippen LogP contribution is -2.30. The van der Waals surface area contributed by atoms with Gasteiger partial charge < -0.3 is 10.2 Å². The fraction of sp³-hybridized carbons (Fsp3) is 0.625. The number of unbranched alkanes of at least 4 members (excludes halogenated alkanes) is 2. The van der Waals surface area contributed by atoms with Crippen molar-refractivity contribution < 1.29 is 4.79 Å². The molecule has 0 fully saturated rings. The van der Waals surface area contributed by atoms with Crippen molar-refractivity contribution in [1.82, 2.24) is 4.98 Å². The normalized spacial score (nSPS) is 18.5. The molecule has 1 unspecified atom stereocenters. The van der Waals surface area contributed by atoms with E-state index in [1.54, 1.807) is 0 Å². The Hall–Kier alpha value is -1.58. The molecular weight excluding hydrogens is 250 g/mol. The van der Waals surface area contributed by atoms with E-state index in [0.29, 0.717) is 6.42 Å². The quantitative estimate of drug-likeness (QED) is 0.858. The number of amides is 1. The lowest BCUT2D eigenvalue weighted by atomic mass is 10.0. The summed E-state index contributed by atoms with van der Waals surface area (Å²) in [4.78, 5) is 18.6. The number of hydrogen-bond acceptors (Lipinski definition) is 3. The number of fused-ring (bicyclic) bond motifs is 1. The zero-order valence-electron chi connectivity index (χ0n) is 13.0. The third-order valence-corrected chi connectivity index (χ3v) is 4.21. The fourth-order valence-electron chi connectivity index (χ4n) is 2.67. The number of aryl methyl sites for hydroxylation is 1. The van der Waals surface area contributed by atoms with Gasteiger partial charge in [-0.05, 0) is 37.8 Å². The molecule has 0 saturated carbocycles. The van der Waals surface area contributed by atoms with Gasteiger partial charge in [0.25, 0.3) is 0 Å². The molecule has 1 aromatic rings. The smallest absolute Gasteiger partial charge is 0.226 e. The minimum absolute atomic E-state index is 0.0821. The topological polar surface area (TPSA) is 45.2 Å². The first-order valence-corrected chi connectivity index (χ1v) is 7.55. The second-order valence-electron chi connectivity index (χ2n) is 5.78. The van der Waals surface area contributed by atoms with Crippen LogP contribution in [0, 0.1) is 6.92 Å². The van der Waals surface area contributed by atoms with Crippen molar-refractivity contribution in [1.29, 1.82) is 0 Å². The predicted octanol–water partition coefficient (Wildman–Crippen LogP) is 3.29. The van der Waals surface area contributed by atoms with Crippen LogP contribution in [0.25, 0.3) is 0 Å². The minimum atomic E-state index is 0.0821. The number of carbonyl (C=O) groups excluding carboxylic acids is 1. The molecule has 2 heterocycles. The van der Waals surface area contributed by atoms with Crippen LogP contribution >= 0.6 is 0 Å². The molecule has 1 amide bonds. The molecule has 0 aliphatic carbocycles. The van der Waals surface area contributed by atoms with Gasteiger partial charge >= 0.3 is 0 Å². The van der Waals surface area contributed by atoms with Crippen LogP contribution in [0.5, 0.6) is 0 Å². The summed E-state index contributed by atoms with van der Waals surface area (Å²) in [6.07, 6.45) is 7.16. The maximum atomic E-state index is 12.0. The fourth-order valence-corrected chi connectivity index (χ4v) is 2.67.